The van der Waals surface area contributed by atoms with Gasteiger partial charge in [0.1, 0.15) is 0 Å². The molecule has 6 heteroatoms. The fourth-order valence-electron chi connectivity index (χ4n) is 0.212. The van der Waals surface area contributed by atoms with Gasteiger partial charge in [0.2, 0.25) is 0 Å². The number of methoxy groups -OCH3 is 1. The molecule has 0 spiro atoms. The zero-order chi connectivity index (χ0) is 6.41. The normalized spacial score (nSPS) is 7.67. The van der Waals surface area contributed by atoms with Gasteiger partial charge in [0.05, 0.1) is 13.2 Å². The second-order valence-electron chi connectivity index (χ2n) is 1.11. The maximum absolute atomic E-state index is 9.78. The van der Waals surface area contributed by atoms with Crippen molar-refractivity contribution in [3.05, 3.63) is 0 Å². The number of rotatable bonds is 4. The molecule has 0 aromatic heterocycles. The Hall–Kier alpha value is 0.512. The van der Waals surface area contributed by atoms with Gasteiger partial charge in [-0.2, -0.15) is 0 Å². The van der Waals surface area contributed by atoms with Crippen LogP contribution in [-0.2, 0) is 41.3 Å². The summed E-state index contributed by atoms with van der Waals surface area (Å²) < 4.78 is 18.6. The molecular formula is C3H8HgO4Si. The Labute approximate surface area is 75.6 Å². The summed E-state index contributed by atoms with van der Waals surface area (Å²) in [4.78, 5) is 8.05. The van der Waals surface area contributed by atoms with Crippen molar-refractivity contribution in [3.8, 4) is 0 Å². The first kappa shape index (κ1) is 12.2. The maximum Gasteiger partial charge on any atom is 0.764 e. The maximum atomic E-state index is 9.78. The van der Waals surface area contributed by atoms with Crippen LogP contribution in [0.3, 0.4) is 0 Å². The van der Waals surface area contributed by atoms with E-state index >= 15 is 0 Å². The van der Waals surface area contributed by atoms with Crippen molar-refractivity contribution in [1.82, 2.24) is 0 Å². The van der Waals surface area contributed by atoms with Crippen LogP contribution in [0.25, 0.3) is 0 Å². The molecule has 0 aromatic carbocycles. The molecule has 0 heterocycles. The van der Waals surface area contributed by atoms with E-state index in [4.69, 9.17) is 4.80 Å². The molecule has 0 saturated carbocycles. The van der Waals surface area contributed by atoms with Crippen LogP contribution in [0.1, 0.15) is 0 Å². The molecule has 0 radical (unpaired) electrons. The molecular weight excluding hydrogens is 329 g/mol. The first-order valence-electron chi connectivity index (χ1n) is 2.12. The van der Waals surface area contributed by atoms with Gasteiger partial charge in [-0.25, -0.2) is 0 Å². The third kappa shape index (κ3) is 11.9. The molecule has 0 aromatic rings. The summed E-state index contributed by atoms with van der Waals surface area (Å²) in [6.07, 6.45) is 0. The summed E-state index contributed by atoms with van der Waals surface area (Å²) in [7, 11) is -1.24. The predicted molar refractivity (Wildman–Crippen MR) is 26.5 cm³/mol. The van der Waals surface area contributed by atoms with Crippen LogP contribution in [0.15, 0.2) is 0 Å². The smallest absolute Gasteiger partial charge is 0.511 e. The fourth-order valence-corrected chi connectivity index (χ4v) is 0.470. The molecule has 4 nitrogen and oxygen atoms in total. The van der Waals surface area contributed by atoms with Gasteiger partial charge in [0.15, 0.2) is 0 Å². The summed E-state index contributed by atoms with van der Waals surface area (Å²) in [5.74, 6) is 0. The molecule has 0 amide bonds. The van der Waals surface area contributed by atoms with Crippen LogP contribution in [0.4, 0.5) is 0 Å². The van der Waals surface area contributed by atoms with Crippen molar-refractivity contribution in [1.29, 1.82) is 0 Å². The molecule has 0 aliphatic carbocycles. The minimum Gasteiger partial charge on any atom is -0.511 e. The minimum atomic E-state index is -2.74. The number of ether oxygens (including phenoxy) is 1. The molecule has 0 fully saturated rings. The molecule has 0 saturated heterocycles. The summed E-state index contributed by atoms with van der Waals surface area (Å²) in [6.45, 7) is 0.543. The van der Waals surface area contributed by atoms with Crippen molar-refractivity contribution in [3.63, 3.8) is 0 Å². The topological polar surface area (TPSA) is 55.8 Å². The number of hydrogen-bond acceptors (Lipinski definition) is 3. The molecule has 0 rings (SSSR count). The van der Waals surface area contributed by atoms with Crippen LogP contribution in [0, 0.1) is 0 Å². The Balaban J connectivity index is 0. The van der Waals surface area contributed by atoms with Gasteiger partial charge < -0.3 is 14.0 Å². The van der Waals surface area contributed by atoms with Gasteiger partial charge in [-0.15, -0.1) is 0 Å². The monoisotopic (exact) mass is 338 g/mol. The van der Waals surface area contributed by atoms with E-state index in [2.05, 4.69) is 9.16 Å². The number of hydrogen-bond donors (Lipinski definition) is 1. The van der Waals surface area contributed by atoms with E-state index in [-0.39, 0.29) is 34.3 Å². The first-order chi connectivity index (χ1) is 3.77. The third-order valence-corrected chi connectivity index (χ3v) is 0.964. The van der Waals surface area contributed by atoms with Crippen LogP contribution in [0.2, 0.25) is 0 Å². The standard InChI is InChI=1S/C3H8O4Si.Hg/c1-6-2-3-7-8(4)5;/h4H,2-3H2,1H3;. The van der Waals surface area contributed by atoms with Gasteiger partial charge in [0.25, 0.3) is 0 Å². The first-order valence-corrected chi connectivity index (χ1v) is 3.38. The Kier molecular flexibility index (Phi) is 11.6. The molecule has 1 N–H and O–H groups in total. The van der Waals surface area contributed by atoms with Crippen LogP contribution >= 0.6 is 0 Å². The Morgan fingerprint density at radius 1 is 1.56 bits per heavy atom. The van der Waals surface area contributed by atoms with E-state index in [0.29, 0.717) is 6.61 Å². The van der Waals surface area contributed by atoms with E-state index in [1.807, 2.05) is 0 Å². The van der Waals surface area contributed by atoms with Gasteiger partial charge in [-0.05, 0) is 0 Å². The molecule has 0 aliphatic rings. The molecule has 0 aliphatic heterocycles. The van der Waals surface area contributed by atoms with Crippen molar-refractivity contribution in [2.75, 3.05) is 20.3 Å². The van der Waals surface area contributed by atoms with Gasteiger partial charge in [-0.3, -0.25) is 4.46 Å². The van der Waals surface area contributed by atoms with E-state index < -0.39 is 9.17 Å². The van der Waals surface area contributed by atoms with Gasteiger partial charge in [-0.1, -0.05) is 0 Å². The Bertz CT molecular complexity index is 78.2. The molecule has 50 valence electrons. The van der Waals surface area contributed by atoms with Crippen LogP contribution in [-0.4, -0.2) is 34.3 Å². The SMILES string of the molecule is COCCO[Si](=O)O.[Hg]. The molecule has 0 unspecified atom stereocenters. The summed E-state index contributed by atoms with van der Waals surface area (Å²) in [6, 6.07) is 0. The fraction of sp³-hybridized carbons (Fsp3) is 1.00. The van der Waals surface area contributed by atoms with E-state index in [1.54, 1.807) is 0 Å². The predicted octanol–water partition coefficient (Wildman–Crippen LogP) is -0.945. The zero-order valence-electron chi connectivity index (χ0n) is 5.29. The molecule has 0 atom stereocenters. The second kappa shape index (κ2) is 8.51. The van der Waals surface area contributed by atoms with E-state index in [1.165, 1.54) is 7.11 Å². The third-order valence-electron chi connectivity index (χ3n) is 0.513. The largest absolute Gasteiger partial charge is 0.764 e. The average Bonchev–Trinajstić information content (AvgIpc) is 1.66. The Morgan fingerprint density at radius 2 is 2.11 bits per heavy atom. The van der Waals surface area contributed by atoms with Crippen LogP contribution in [0.5, 0.6) is 0 Å². The minimum absolute atomic E-state index is 0. The van der Waals surface area contributed by atoms with E-state index in [9.17, 15) is 4.46 Å². The zero-order valence-corrected chi connectivity index (χ0v) is 11.8. The van der Waals surface area contributed by atoms with Crippen molar-refractivity contribution in [2.24, 2.45) is 0 Å². The average molecular weight is 337 g/mol. The molecule has 9 heavy (non-hydrogen) atoms. The Morgan fingerprint density at radius 3 is 2.44 bits per heavy atom. The van der Waals surface area contributed by atoms with Gasteiger partial charge in [0, 0.05) is 34.8 Å². The summed E-state index contributed by atoms with van der Waals surface area (Å²) >= 11 is 0. The summed E-state index contributed by atoms with van der Waals surface area (Å²) in [5.41, 5.74) is 0. The molecule has 0 bridgehead atoms. The van der Waals surface area contributed by atoms with Crippen molar-refractivity contribution in [2.45, 2.75) is 0 Å². The van der Waals surface area contributed by atoms with Gasteiger partial charge >= 0.3 is 9.17 Å². The van der Waals surface area contributed by atoms with Crippen molar-refractivity contribution < 1.29 is 46.1 Å². The second-order valence-corrected chi connectivity index (χ2v) is 1.93. The quantitative estimate of drug-likeness (QED) is 0.531. The van der Waals surface area contributed by atoms with E-state index in [0.717, 1.165) is 0 Å². The summed E-state index contributed by atoms with van der Waals surface area (Å²) in [5, 5.41) is 0. The van der Waals surface area contributed by atoms with Crippen molar-refractivity contribution >= 4 is 9.17 Å². The van der Waals surface area contributed by atoms with Crippen LogP contribution < -0.4 is 0 Å².